The molecule has 0 saturated heterocycles. The highest BCUT2D eigenvalue weighted by molar-refractivity contribution is 5.69. The summed E-state index contributed by atoms with van der Waals surface area (Å²) in [4.78, 5) is 23.1. The number of aliphatic hydroxyl groups excluding tert-OH is 1. The highest BCUT2D eigenvalue weighted by Gasteiger charge is 2.30. The fraction of sp³-hybridized carbons (Fsp3) is 0.704. The normalized spacial score (nSPS) is 20.5. The predicted octanol–water partition coefficient (Wildman–Crippen LogP) is 6.07. The number of methoxy groups -OCH3 is 1. The fourth-order valence-corrected chi connectivity index (χ4v) is 4.26. The smallest absolute Gasteiger partial charge is 0.305 e. The van der Waals surface area contributed by atoms with Gasteiger partial charge in [-0.05, 0) is 38.0 Å². The van der Waals surface area contributed by atoms with Crippen LogP contribution < -0.4 is 0 Å². The van der Waals surface area contributed by atoms with Crippen LogP contribution in [-0.4, -0.2) is 36.4 Å². The lowest BCUT2D eigenvalue weighted by atomic mass is 9.78. The third kappa shape index (κ3) is 12.8. The van der Waals surface area contributed by atoms with Crippen LogP contribution in [0.25, 0.3) is 0 Å². The van der Waals surface area contributed by atoms with Crippen LogP contribution in [0, 0.1) is 11.8 Å². The van der Waals surface area contributed by atoms with Crippen LogP contribution in [0.3, 0.4) is 0 Å². The molecule has 0 aliphatic heterocycles. The fourth-order valence-electron chi connectivity index (χ4n) is 4.26. The number of ether oxygens (including phenoxy) is 2. The van der Waals surface area contributed by atoms with Gasteiger partial charge in [0.25, 0.3) is 0 Å². The third-order valence-corrected chi connectivity index (χ3v) is 6.08. The van der Waals surface area contributed by atoms with Crippen molar-refractivity contribution < 1.29 is 24.2 Å². The summed E-state index contributed by atoms with van der Waals surface area (Å²) in [5.74, 6) is -0.0960. The van der Waals surface area contributed by atoms with Crippen molar-refractivity contribution in [2.24, 2.45) is 11.8 Å². The summed E-state index contributed by atoms with van der Waals surface area (Å²) in [5.41, 5.74) is 0. The Bertz CT molecular complexity index is 607. The highest BCUT2D eigenvalue weighted by atomic mass is 16.5. The SMILES string of the molecule is CCCCCCCCC(O)/C=C/C=C/[C@@H]1CC=CC[C@H]1C(CCCC(=O)OC)OC(C)=O. The Labute approximate surface area is 194 Å². The standard InChI is InChI=1S/C27H44O5/c1-4-5-6-7-8-9-17-24(29)18-12-10-15-23-16-11-13-19-25(23)26(32-22(2)28)20-14-21-27(30)31-3/h10-13,15,18,23-26,29H,4-9,14,16-17,19-21H2,1-3H3/b15-10+,18-12+/t23-,24?,25-,26?/m1/s1. The lowest BCUT2D eigenvalue weighted by Crippen LogP contribution is -2.32. The Kier molecular flexibility index (Phi) is 15.5. The van der Waals surface area contributed by atoms with Crippen LogP contribution in [0.15, 0.2) is 36.5 Å². The summed E-state index contributed by atoms with van der Waals surface area (Å²) in [6.07, 6.45) is 23.1. The van der Waals surface area contributed by atoms with Gasteiger partial charge in [-0.15, -0.1) is 0 Å². The average Bonchev–Trinajstić information content (AvgIpc) is 2.78. The molecule has 0 spiro atoms. The van der Waals surface area contributed by atoms with E-state index in [1.807, 2.05) is 18.2 Å². The van der Waals surface area contributed by atoms with E-state index in [9.17, 15) is 14.7 Å². The van der Waals surface area contributed by atoms with Crippen molar-refractivity contribution in [1.82, 2.24) is 0 Å². The second-order valence-electron chi connectivity index (χ2n) is 8.78. The first kappa shape index (κ1) is 28.2. The van der Waals surface area contributed by atoms with Gasteiger partial charge in [0.2, 0.25) is 0 Å². The Morgan fingerprint density at radius 3 is 2.47 bits per heavy atom. The molecule has 0 heterocycles. The molecule has 1 N–H and O–H groups in total. The van der Waals surface area contributed by atoms with E-state index in [0.717, 1.165) is 25.7 Å². The van der Waals surface area contributed by atoms with Crippen LogP contribution in [-0.2, 0) is 19.1 Å². The minimum atomic E-state index is -0.403. The van der Waals surface area contributed by atoms with E-state index in [4.69, 9.17) is 9.47 Å². The number of unbranched alkanes of at least 4 members (excludes halogenated alkanes) is 5. The molecule has 182 valence electrons. The molecule has 0 aromatic heterocycles. The lowest BCUT2D eigenvalue weighted by molar-refractivity contribution is -0.150. The minimum Gasteiger partial charge on any atom is -0.469 e. The summed E-state index contributed by atoms with van der Waals surface area (Å²) in [6.45, 7) is 3.65. The molecular formula is C27H44O5. The topological polar surface area (TPSA) is 72.8 Å². The number of carbonyl (C=O) groups is 2. The van der Waals surface area contributed by atoms with Crippen molar-refractivity contribution in [3.05, 3.63) is 36.5 Å². The van der Waals surface area contributed by atoms with Crippen molar-refractivity contribution in [3.63, 3.8) is 0 Å². The predicted molar refractivity (Wildman–Crippen MR) is 129 cm³/mol. The molecule has 2 unspecified atom stereocenters. The van der Waals surface area contributed by atoms with Gasteiger partial charge in [-0.2, -0.15) is 0 Å². The monoisotopic (exact) mass is 448 g/mol. The molecule has 1 aliphatic carbocycles. The number of aliphatic hydroxyl groups is 1. The van der Waals surface area contributed by atoms with Crippen LogP contribution in [0.5, 0.6) is 0 Å². The minimum absolute atomic E-state index is 0.180. The van der Waals surface area contributed by atoms with Crippen LogP contribution in [0.1, 0.15) is 90.9 Å². The number of carbonyl (C=O) groups excluding carboxylic acids is 2. The van der Waals surface area contributed by atoms with Crippen molar-refractivity contribution in [2.75, 3.05) is 7.11 Å². The Balaban J connectivity index is 2.55. The molecule has 0 fully saturated rings. The number of allylic oxidation sites excluding steroid dienone is 5. The molecule has 1 rings (SSSR count). The zero-order valence-electron chi connectivity index (χ0n) is 20.3. The summed E-state index contributed by atoms with van der Waals surface area (Å²) >= 11 is 0. The van der Waals surface area contributed by atoms with E-state index < -0.39 is 6.10 Å². The highest BCUT2D eigenvalue weighted by Crippen LogP contribution is 2.33. The number of hydrogen-bond donors (Lipinski definition) is 1. The summed E-state index contributed by atoms with van der Waals surface area (Å²) in [6, 6.07) is 0. The Morgan fingerprint density at radius 2 is 1.75 bits per heavy atom. The van der Waals surface area contributed by atoms with Crippen molar-refractivity contribution in [2.45, 2.75) is 103 Å². The first-order valence-electron chi connectivity index (χ1n) is 12.4. The summed E-state index contributed by atoms with van der Waals surface area (Å²) in [5, 5.41) is 10.2. The van der Waals surface area contributed by atoms with E-state index in [1.165, 1.54) is 46.1 Å². The van der Waals surface area contributed by atoms with Gasteiger partial charge in [-0.25, -0.2) is 0 Å². The number of hydrogen-bond acceptors (Lipinski definition) is 5. The Morgan fingerprint density at radius 1 is 1.03 bits per heavy atom. The number of rotatable bonds is 16. The lowest BCUT2D eigenvalue weighted by Gasteiger charge is -2.33. The van der Waals surface area contributed by atoms with Gasteiger partial charge < -0.3 is 14.6 Å². The number of esters is 2. The molecule has 0 amide bonds. The second-order valence-corrected chi connectivity index (χ2v) is 8.78. The molecule has 0 saturated carbocycles. The van der Waals surface area contributed by atoms with Gasteiger partial charge >= 0.3 is 11.9 Å². The molecule has 0 aromatic carbocycles. The molecule has 0 bridgehead atoms. The quantitative estimate of drug-likeness (QED) is 0.134. The molecule has 0 aromatic rings. The zero-order chi connectivity index (χ0) is 23.6. The van der Waals surface area contributed by atoms with Crippen molar-refractivity contribution in [1.29, 1.82) is 0 Å². The first-order valence-corrected chi connectivity index (χ1v) is 12.4. The molecule has 5 heteroatoms. The van der Waals surface area contributed by atoms with Crippen LogP contribution in [0.2, 0.25) is 0 Å². The second kappa shape index (κ2) is 17.6. The summed E-state index contributed by atoms with van der Waals surface area (Å²) < 4.78 is 10.4. The van der Waals surface area contributed by atoms with E-state index >= 15 is 0 Å². The van der Waals surface area contributed by atoms with Gasteiger partial charge in [-0.1, -0.05) is 81.9 Å². The van der Waals surface area contributed by atoms with E-state index in [2.05, 4.69) is 25.2 Å². The van der Waals surface area contributed by atoms with Gasteiger partial charge in [0.15, 0.2) is 0 Å². The molecule has 4 atom stereocenters. The zero-order valence-corrected chi connectivity index (χ0v) is 20.3. The maximum atomic E-state index is 11.7. The molecule has 5 nitrogen and oxygen atoms in total. The van der Waals surface area contributed by atoms with E-state index in [-0.39, 0.29) is 29.9 Å². The molecule has 32 heavy (non-hydrogen) atoms. The third-order valence-electron chi connectivity index (χ3n) is 6.08. The maximum absolute atomic E-state index is 11.7. The summed E-state index contributed by atoms with van der Waals surface area (Å²) in [7, 11) is 1.39. The van der Waals surface area contributed by atoms with E-state index in [0.29, 0.717) is 19.3 Å². The van der Waals surface area contributed by atoms with Gasteiger partial charge in [0.1, 0.15) is 6.10 Å². The van der Waals surface area contributed by atoms with E-state index in [1.54, 1.807) is 0 Å². The largest absolute Gasteiger partial charge is 0.469 e. The van der Waals surface area contributed by atoms with Gasteiger partial charge in [-0.3, -0.25) is 9.59 Å². The molecular weight excluding hydrogens is 404 g/mol. The molecule has 1 aliphatic rings. The maximum Gasteiger partial charge on any atom is 0.305 e. The van der Waals surface area contributed by atoms with Crippen LogP contribution >= 0.6 is 0 Å². The molecule has 0 radical (unpaired) electrons. The van der Waals surface area contributed by atoms with Crippen molar-refractivity contribution >= 4 is 11.9 Å². The van der Waals surface area contributed by atoms with Crippen LogP contribution in [0.4, 0.5) is 0 Å². The Hall–Kier alpha value is -1.88. The first-order chi connectivity index (χ1) is 15.5. The van der Waals surface area contributed by atoms with Crippen molar-refractivity contribution in [3.8, 4) is 0 Å². The average molecular weight is 449 g/mol. The van der Waals surface area contributed by atoms with Gasteiger partial charge in [0.05, 0.1) is 13.2 Å². The van der Waals surface area contributed by atoms with Gasteiger partial charge in [0, 0.05) is 19.3 Å².